The molecule has 2 saturated heterocycles. The Kier molecular flexibility index (Phi) is 6.21. The fourth-order valence-corrected chi connectivity index (χ4v) is 5.10. The molecule has 170 valence electrons. The van der Waals surface area contributed by atoms with Crippen LogP contribution in [-0.4, -0.2) is 58.9 Å². The highest BCUT2D eigenvalue weighted by Crippen LogP contribution is 2.44. The molecule has 0 aromatic heterocycles. The maximum absolute atomic E-state index is 13.3. The van der Waals surface area contributed by atoms with Crippen LogP contribution in [0.15, 0.2) is 22.8 Å². The fourth-order valence-electron chi connectivity index (χ4n) is 5.10. The number of allylic oxidation sites excluding steroid dienone is 1. The predicted molar refractivity (Wildman–Crippen MR) is 113 cm³/mol. The van der Waals surface area contributed by atoms with Gasteiger partial charge >= 0.3 is 0 Å². The minimum absolute atomic E-state index is 0.00613. The average molecular weight is 432 g/mol. The summed E-state index contributed by atoms with van der Waals surface area (Å²) in [6.45, 7) is 4.82. The molecule has 3 heterocycles. The number of carbonyl (C=O) groups is 3. The maximum atomic E-state index is 13.3. The van der Waals surface area contributed by atoms with Gasteiger partial charge < -0.3 is 25.4 Å². The van der Waals surface area contributed by atoms with Gasteiger partial charge in [-0.05, 0) is 30.8 Å². The Balaban J connectivity index is 1.45. The lowest BCUT2D eigenvalue weighted by Gasteiger charge is -2.38. The van der Waals surface area contributed by atoms with E-state index in [1.807, 2.05) is 13.0 Å². The number of nitrogens with zero attached hydrogens (tertiary/aromatic N) is 1. The molecule has 0 radical (unpaired) electrons. The van der Waals surface area contributed by atoms with Crippen LogP contribution >= 0.6 is 0 Å². The molecular formula is C23H33N3O5. The molecule has 4 atom stereocenters. The molecule has 3 aliphatic heterocycles. The molecule has 4 rings (SSSR count). The van der Waals surface area contributed by atoms with Gasteiger partial charge in [-0.15, -0.1) is 0 Å². The summed E-state index contributed by atoms with van der Waals surface area (Å²) in [7, 11) is 0. The summed E-state index contributed by atoms with van der Waals surface area (Å²) in [5.74, 6) is -0.151. The topological polar surface area (TPSA) is 111 Å². The molecule has 3 N–H and O–H groups in total. The van der Waals surface area contributed by atoms with E-state index < -0.39 is 18.0 Å². The average Bonchev–Trinajstić information content (AvgIpc) is 3.44. The van der Waals surface area contributed by atoms with Crippen molar-refractivity contribution in [3.8, 4) is 0 Å². The minimum atomic E-state index is -1.09. The Labute approximate surface area is 183 Å². The first-order valence-corrected chi connectivity index (χ1v) is 11.5. The first-order valence-electron chi connectivity index (χ1n) is 11.5. The van der Waals surface area contributed by atoms with Gasteiger partial charge in [-0.1, -0.05) is 39.2 Å². The lowest BCUT2D eigenvalue weighted by molar-refractivity contribution is -0.144. The van der Waals surface area contributed by atoms with E-state index in [1.165, 1.54) is 4.90 Å². The molecular weight excluding hydrogens is 398 g/mol. The summed E-state index contributed by atoms with van der Waals surface area (Å²) in [5.41, 5.74) is 1.16. The molecule has 31 heavy (non-hydrogen) atoms. The number of hydrogen-bond donors (Lipinski definition) is 3. The van der Waals surface area contributed by atoms with Gasteiger partial charge in [0.15, 0.2) is 12.0 Å². The van der Waals surface area contributed by atoms with Crippen molar-refractivity contribution in [1.82, 2.24) is 15.5 Å². The number of carbonyl (C=O) groups excluding carboxylic acids is 3. The number of unbranched alkanes of at least 4 members (excludes halogenated alkanes) is 3. The molecule has 1 aliphatic carbocycles. The van der Waals surface area contributed by atoms with Crippen molar-refractivity contribution in [2.75, 3.05) is 13.2 Å². The third kappa shape index (κ3) is 4.28. The van der Waals surface area contributed by atoms with Crippen LogP contribution in [-0.2, 0) is 19.1 Å². The van der Waals surface area contributed by atoms with Crippen molar-refractivity contribution in [1.29, 1.82) is 0 Å². The highest BCUT2D eigenvalue weighted by molar-refractivity contribution is 5.99. The van der Waals surface area contributed by atoms with E-state index in [9.17, 15) is 19.5 Å². The van der Waals surface area contributed by atoms with Crippen molar-refractivity contribution >= 4 is 17.7 Å². The Morgan fingerprint density at radius 3 is 2.84 bits per heavy atom. The van der Waals surface area contributed by atoms with Gasteiger partial charge in [-0.2, -0.15) is 0 Å². The van der Waals surface area contributed by atoms with E-state index >= 15 is 0 Å². The summed E-state index contributed by atoms with van der Waals surface area (Å²) in [4.78, 5) is 38.9. The number of epoxide rings is 1. The zero-order valence-electron chi connectivity index (χ0n) is 18.4. The predicted octanol–water partition coefficient (Wildman–Crippen LogP) is 1.50. The van der Waals surface area contributed by atoms with E-state index in [0.29, 0.717) is 50.0 Å². The normalized spacial score (nSPS) is 32.2. The maximum Gasteiger partial charge on any atom is 0.252 e. The number of rotatable bonds is 8. The number of nitrogens with one attached hydrogen (secondary N) is 2. The molecule has 0 aromatic carbocycles. The van der Waals surface area contributed by atoms with Crippen LogP contribution in [0.25, 0.3) is 0 Å². The number of hydrogen-bond acceptors (Lipinski definition) is 5. The lowest BCUT2D eigenvalue weighted by atomic mass is 9.86. The number of aliphatic hydroxyl groups is 1. The van der Waals surface area contributed by atoms with Gasteiger partial charge in [0.2, 0.25) is 11.8 Å². The SMILES string of the molecule is CCCCCCC(=O)NCC1=CC(C)CC2=C1C(O)N(C1CCC(=O)NC13CO3)C2=O. The van der Waals surface area contributed by atoms with Crippen LogP contribution in [0.3, 0.4) is 0 Å². The Morgan fingerprint density at radius 2 is 2.13 bits per heavy atom. The van der Waals surface area contributed by atoms with Crippen LogP contribution in [0.2, 0.25) is 0 Å². The summed E-state index contributed by atoms with van der Waals surface area (Å²) in [5, 5.41) is 17.0. The van der Waals surface area contributed by atoms with Crippen LogP contribution in [0.5, 0.6) is 0 Å². The van der Waals surface area contributed by atoms with E-state index in [4.69, 9.17) is 4.74 Å². The van der Waals surface area contributed by atoms with Crippen molar-refractivity contribution < 1.29 is 24.2 Å². The van der Waals surface area contributed by atoms with Gasteiger partial charge in [0.1, 0.15) is 0 Å². The molecule has 2 fully saturated rings. The Hall–Kier alpha value is -2.19. The molecule has 0 aromatic rings. The van der Waals surface area contributed by atoms with Gasteiger partial charge in [0, 0.05) is 30.5 Å². The van der Waals surface area contributed by atoms with Gasteiger partial charge in [0.25, 0.3) is 5.91 Å². The first-order chi connectivity index (χ1) is 14.9. The second kappa shape index (κ2) is 8.74. The summed E-state index contributed by atoms with van der Waals surface area (Å²) in [6, 6.07) is -0.400. The van der Waals surface area contributed by atoms with E-state index in [0.717, 1.165) is 31.3 Å². The third-order valence-corrected chi connectivity index (χ3v) is 6.76. The standard InChI is InChI=1S/C23H33N3O5/c1-3-4-5-6-7-18(27)24-12-15-10-14(2)11-16-20(15)22(30)26(21(16)29)17-8-9-19(28)25-23(17)13-31-23/h10,14,17,22,30H,3-9,11-13H2,1-2H3,(H,24,27)(H,25,28). The van der Waals surface area contributed by atoms with Crippen LogP contribution in [0, 0.1) is 5.92 Å². The van der Waals surface area contributed by atoms with Crippen LogP contribution < -0.4 is 10.6 Å². The number of amides is 3. The molecule has 8 nitrogen and oxygen atoms in total. The summed E-state index contributed by atoms with van der Waals surface area (Å²) < 4.78 is 5.54. The van der Waals surface area contributed by atoms with Crippen molar-refractivity contribution in [2.24, 2.45) is 5.92 Å². The van der Waals surface area contributed by atoms with Crippen molar-refractivity contribution in [3.05, 3.63) is 22.8 Å². The number of piperidine rings is 1. The molecule has 4 unspecified atom stereocenters. The number of aliphatic hydroxyl groups excluding tert-OH is 1. The quantitative estimate of drug-likeness (QED) is 0.398. The van der Waals surface area contributed by atoms with Crippen molar-refractivity contribution in [3.63, 3.8) is 0 Å². The zero-order chi connectivity index (χ0) is 22.2. The first kappa shape index (κ1) is 22.0. The minimum Gasteiger partial charge on any atom is -0.369 e. The van der Waals surface area contributed by atoms with E-state index in [2.05, 4.69) is 17.6 Å². The van der Waals surface area contributed by atoms with E-state index in [-0.39, 0.29) is 23.6 Å². The Morgan fingerprint density at radius 1 is 1.35 bits per heavy atom. The second-order valence-corrected chi connectivity index (χ2v) is 9.22. The lowest BCUT2D eigenvalue weighted by Crippen LogP contribution is -2.61. The Bertz CT molecular complexity index is 829. The smallest absolute Gasteiger partial charge is 0.252 e. The fraction of sp³-hybridized carbons (Fsp3) is 0.696. The van der Waals surface area contributed by atoms with Gasteiger partial charge in [0.05, 0.1) is 12.6 Å². The van der Waals surface area contributed by atoms with Crippen LogP contribution in [0.1, 0.15) is 65.2 Å². The summed E-state index contributed by atoms with van der Waals surface area (Å²) in [6.07, 6.45) is 6.92. The molecule has 1 spiro atoms. The second-order valence-electron chi connectivity index (χ2n) is 9.22. The highest BCUT2D eigenvalue weighted by Gasteiger charge is 2.61. The molecule has 0 bridgehead atoms. The van der Waals surface area contributed by atoms with Gasteiger partial charge in [-0.25, -0.2) is 0 Å². The number of ether oxygens (including phenoxy) is 1. The molecule has 0 saturated carbocycles. The molecule has 3 amide bonds. The monoisotopic (exact) mass is 431 g/mol. The largest absolute Gasteiger partial charge is 0.369 e. The molecule has 4 aliphatic rings. The van der Waals surface area contributed by atoms with E-state index in [1.54, 1.807) is 0 Å². The zero-order valence-corrected chi connectivity index (χ0v) is 18.4. The van der Waals surface area contributed by atoms with Crippen LogP contribution in [0.4, 0.5) is 0 Å². The van der Waals surface area contributed by atoms with Crippen molar-refractivity contribution in [2.45, 2.75) is 83.2 Å². The van der Waals surface area contributed by atoms with Gasteiger partial charge in [-0.3, -0.25) is 14.4 Å². The molecule has 8 heteroatoms. The third-order valence-electron chi connectivity index (χ3n) is 6.76. The highest BCUT2D eigenvalue weighted by atomic mass is 16.6. The summed E-state index contributed by atoms with van der Waals surface area (Å²) >= 11 is 0.